The highest BCUT2D eigenvalue weighted by Crippen LogP contribution is 2.46. The first-order valence-corrected chi connectivity index (χ1v) is 10.7. The summed E-state index contributed by atoms with van der Waals surface area (Å²) in [5.74, 6) is 0.835. The predicted molar refractivity (Wildman–Crippen MR) is 118 cm³/mol. The van der Waals surface area contributed by atoms with Gasteiger partial charge in [-0.15, -0.1) is 0 Å². The van der Waals surface area contributed by atoms with E-state index in [1.807, 2.05) is 53.4 Å². The summed E-state index contributed by atoms with van der Waals surface area (Å²) in [7, 11) is 3.26. The second-order valence-corrected chi connectivity index (χ2v) is 8.48. The summed E-state index contributed by atoms with van der Waals surface area (Å²) in [5, 5.41) is 11.3. The van der Waals surface area contributed by atoms with Gasteiger partial charge in [-0.25, -0.2) is 0 Å². The van der Waals surface area contributed by atoms with Gasteiger partial charge in [0.1, 0.15) is 17.6 Å². The minimum absolute atomic E-state index is 0.186. The van der Waals surface area contributed by atoms with Crippen molar-refractivity contribution < 1.29 is 24.1 Å². The molecule has 1 saturated carbocycles. The number of carbonyl (C=O) groups excluding carboxylic acids is 1. The zero-order chi connectivity index (χ0) is 21.7. The maximum Gasteiger partial charge on any atom is 0.311 e. The summed E-state index contributed by atoms with van der Waals surface area (Å²) in [4.78, 5) is 16.7. The normalized spacial score (nSPS) is 29.1. The molecule has 4 fully saturated rings. The molecule has 4 aliphatic rings. The Morgan fingerprint density at radius 2 is 1.65 bits per heavy atom. The monoisotopic (exact) mass is 440 g/mol. The highest BCUT2D eigenvalue weighted by molar-refractivity contribution is 7.80. The van der Waals surface area contributed by atoms with Crippen LogP contribution in [0.5, 0.6) is 11.5 Å². The summed E-state index contributed by atoms with van der Waals surface area (Å²) in [6.45, 7) is 0.546. The molecule has 0 spiro atoms. The van der Waals surface area contributed by atoms with Gasteiger partial charge in [0, 0.05) is 12.2 Å². The molecule has 2 aromatic rings. The van der Waals surface area contributed by atoms with Crippen molar-refractivity contribution in [2.75, 3.05) is 19.1 Å². The van der Waals surface area contributed by atoms with E-state index >= 15 is 0 Å². The first-order chi connectivity index (χ1) is 15.0. The molecule has 0 radical (unpaired) electrons. The highest BCUT2D eigenvalue weighted by Gasteiger charge is 2.62. The lowest BCUT2D eigenvalue weighted by Gasteiger charge is -2.49. The second-order valence-electron chi connectivity index (χ2n) is 8.12. The number of rotatable bonds is 5. The molecule has 0 unspecified atom stereocenters. The van der Waals surface area contributed by atoms with Crippen molar-refractivity contribution in [3.63, 3.8) is 0 Å². The Labute approximate surface area is 186 Å². The number of carbonyl (C=O) groups is 1. The van der Waals surface area contributed by atoms with Crippen molar-refractivity contribution in [3.05, 3.63) is 54.1 Å². The summed E-state index contributed by atoms with van der Waals surface area (Å²) < 4.78 is 16.2. The van der Waals surface area contributed by atoms with Gasteiger partial charge < -0.3 is 29.1 Å². The van der Waals surface area contributed by atoms with Crippen LogP contribution in [0.1, 0.15) is 12.0 Å². The van der Waals surface area contributed by atoms with Crippen molar-refractivity contribution in [1.29, 1.82) is 0 Å². The lowest BCUT2D eigenvalue weighted by atomic mass is 9.74. The van der Waals surface area contributed by atoms with E-state index < -0.39 is 18.1 Å². The average Bonchev–Trinajstić information content (AvgIpc) is 3.08. The molecule has 3 saturated heterocycles. The lowest BCUT2D eigenvalue weighted by Crippen LogP contribution is -2.66. The number of thiocarbonyl (C=S) groups is 1. The first kappa shape index (κ1) is 20.1. The Morgan fingerprint density at radius 3 is 2.26 bits per heavy atom. The third-order valence-corrected chi connectivity index (χ3v) is 6.93. The predicted octanol–water partition coefficient (Wildman–Crippen LogP) is 2.35. The Bertz CT molecular complexity index is 996. The van der Waals surface area contributed by atoms with Crippen LogP contribution in [0.3, 0.4) is 0 Å². The molecule has 8 heteroatoms. The van der Waals surface area contributed by atoms with Crippen LogP contribution in [0.15, 0.2) is 48.5 Å². The van der Waals surface area contributed by atoms with E-state index in [2.05, 4.69) is 4.90 Å². The molecule has 5 atom stereocenters. The van der Waals surface area contributed by atoms with Crippen LogP contribution < -0.4 is 14.4 Å². The fraction of sp³-hybridized carbons (Fsp3) is 0.391. The van der Waals surface area contributed by atoms with E-state index in [0.717, 1.165) is 22.7 Å². The van der Waals surface area contributed by atoms with Gasteiger partial charge in [-0.1, -0.05) is 12.1 Å². The van der Waals surface area contributed by atoms with Crippen LogP contribution in [0.25, 0.3) is 0 Å². The fourth-order valence-corrected chi connectivity index (χ4v) is 5.43. The molecular weight excluding hydrogens is 416 g/mol. The number of hydrogen-bond donors (Lipinski definition) is 1. The zero-order valence-electron chi connectivity index (χ0n) is 17.3. The molecule has 1 N–H and O–H groups in total. The molecular formula is C23H24N2O5S. The fourth-order valence-electron chi connectivity index (χ4n) is 5.01. The number of nitrogens with zero attached hydrogens (tertiary/aromatic N) is 2. The minimum Gasteiger partial charge on any atom is -0.497 e. The smallest absolute Gasteiger partial charge is 0.311 e. The largest absolute Gasteiger partial charge is 0.497 e. The van der Waals surface area contributed by atoms with Crippen LogP contribution >= 0.6 is 12.2 Å². The van der Waals surface area contributed by atoms with Gasteiger partial charge in [-0.05, 0) is 60.6 Å². The van der Waals surface area contributed by atoms with Gasteiger partial charge in [-0.2, -0.15) is 0 Å². The van der Waals surface area contributed by atoms with E-state index in [-0.39, 0.29) is 18.1 Å². The summed E-state index contributed by atoms with van der Waals surface area (Å²) >= 11 is 5.93. The Kier molecular flexibility index (Phi) is 4.98. The molecule has 7 nitrogen and oxygen atoms in total. The van der Waals surface area contributed by atoms with E-state index in [0.29, 0.717) is 18.1 Å². The van der Waals surface area contributed by atoms with Crippen LogP contribution in [0.4, 0.5) is 5.69 Å². The number of ether oxygens (including phenoxy) is 3. The Hall–Kier alpha value is -2.84. The van der Waals surface area contributed by atoms with Crippen molar-refractivity contribution in [2.45, 2.75) is 37.3 Å². The number of aliphatic hydroxyl groups excluding tert-OH is 1. The van der Waals surface area contributed by atoms with Crippen LogP contribution in [-0.2, 0) is 16.1 Å². The van der Waals surface area contributed by atoms with Crippen LogP contribution in [0.2, 0.25) is 0 Å². The van der Waals surface area contributed by atoms with Crippen molar-refractivity contribution in [1.82, 2.24) is 4.90 Å². The van der Waals surface area contributed by atoms with E-state index in [9.17, 15) is 9.90 Å². The third-order valence-electron chi connectivity index (χ3n) is 6.50. The molecule has 2 bridgehead atoms. The molecule has 0 amide bonds. The molecule has 6 rings (SSSR count). The Balaban J connectivity index is 1.53. The average molecular weight is 441 g/mol. The zero-order valence-corrected chi connectivity index (χ0v) is 18.1. The topological polar surface area (TPSA) is 71.5 Å². The van der Waals surface area contributed by atoms with E-state index in [1.165, 1.54) is 0 Å². The number of fused-ring (bicyclic) bond motifs is 2. The van der Waals surface area contributed by atoms with Gasteiger partial charge in [0.05, 0.1) is 38.3 Å². The number of methoxy groups -OCH3 is 2. The highest BCUT2D eigenvalue weighted by atomic mass is 32.1. The van der Waals surface area contributed by atoms with Crippen LogP contribution in [-0.4, -0.2) is 59.6 Å². The molecule has 0 aromatic heterocycles. The van der Waals surface area contributed by atoms with Gasteiger partial charge in [-0.3, -0.25) is 4.79 Å². The van der Waals surface area contributed by atoms with Crippen LogP contribution in [0, 0.1) is 5.92 Å². The van der Waals surface area contributed by atoms with Gasteiger partial charge in [0.25, 0.3) is 0 Å². The van der Waals surface area contributed by atoms with Gasteiger partial charge in [0.15, 0.2) is 5.11 Å². The summed E-state index contributed by atoms with van der Waals surface area (Å²) in [5.41, 5.74) is 1.95. The number of aliphatic hydroxyl groups is 1. The van der Waals surface area contributed by atoms with Crippen molar-refractivity contribution in [3.8, 4) is 11.5 Å². The molecule has 2 aromatic carbocycles. The van der Waals surface area contributed by atoms with Gasteiger partial charge in [0.2, 0.25) is 0 Å². The number of anilines is 1. The number of esters is 1. The molecule has 1 aliphatic carbocycles. The lowest BCUT2D eigenvalue weighted by molar-refractivity contribution is -0.194. The maximum absolute atomic E-state index is 12.6. The summed E-state index contributed by atoms with van der Waals surface area (Å²) in [6, 6.07) is 15.1. The van der Waals surface area contributed by atoms with Crippen molar-refractivity contribution in [2.24, 2.45) is 5.92 Å². The molecule has 3 aliphatic heterocycles. The summed E-state index contributed by atoms with van der Waals surface area (Å²) in [6.07, 6.45) is -0.918. The Morgan fingerprint density at radius 1 is 1.03 bits per heavy atom. The molecule has 162 valence electrons. The number of hydrogen-bond acceptors (Lipinski definition) is 6. The second kappa shape index (κ2) is 7.69. The van der Waals surface area contributed by atoms with E-state index in [4.69, 9.17) is 26.4 Å². The van der Waals surface area contributed by atoms with Crippen molar-refractivity contribution >= 4 is 29.0 Å². The standard InChI is InChI=1S/C23H24N2O5S/c1-28-15-7-3-13(4-8-15)12-24-20-19(17-11-18(26)21(20)30-22(17)27)25(23(24)31)14-5-9-16(29-2)10-6-14/h3-10,17-21,26H,11-12H2,1-2H3/t17-,18-,19-,20-,21+/m1/s1. The first-order valence-electron chi connectivity index (χ1n) is 10.3. The molecule has 31 heavy (non-hydrogen) atoms. The SMILES string of the molecule is COc1ccc(CN2C(=S)N(c3ccc(OC)cc3)[C@H]3[C@@H]2[C@H]2OC(=O)[C@@H]3C[C@H]2O)cc1. The quantitative estimate of drug-likeness (QED) is 0.561. The van der Waals surface area contributed by atoms with E-state index in [1.54, 1.807) is 14.2 Å². The third kappa shape index (κ3) is 3.21. The minimum atomic E-state index is -0.694. The maximum atomic E-state index is 12.6. The number of benzene rings is 2. The molecule has 3 heterocycles. The van der Waals surface area contributed by atoms with Gasteiger partial charge >= 0.3 is 5.97 Å².